The lowest BCUT2D eigenvalue weighted by Gasteiger charge is -2.21. The first kappa shape index (κ1) is 22.6. The molecule has 30 heavy (non-hydrogen) atoms. The summed E-state index contributed by atoms with van der Waals surface area (Å²) in [6, 6.07) is 13.9. The highest BCUT2D eigenvalue weighted by molar-refractivity contribution is 5.98. The van der Waals surface area contributed by atoms with Crippen molar-refractivity contribution in [2.75, 3.05) is 23.8 Å². The minimum atomic E-state index is -0.738. The van der Waals surface area contributed by atoms with Gasteiger partial charge in [0, 0.05) is 38.3 Å². The molecular weight excluding hydrogens is 386 g/mol. The second kappa shape index (κ2) is 10.8. The fraction of sp³-hybridized carbons (Fsp3) is 0.273. The monoisotopic (exact) mass is 411 g/mol. The van der Waals surface area contributed by atoms with Gasteiger partial charge in [0.2, 0.25) is 11.8 Å². The zero-order valence-electron chi connectivity index (χ0n) is 17.2. The molecule has 2 N–H and O–H groups in total. The lowest BCUT2D eigenvalue weighted by Crippen LogP contribution is -2.34. The van der Waals surface area contributed by atoms with Gasteiger partial charge in [-0.1, -0.05) is 30.3 Å². The number of likely N-dealkylation sites (N-methyl/N-ethyl adjacent to an activating group) is 1. The fourth-order valence-corrected chi connectivity index (χ4v) is 2.78. The van der Waals surface area contributed by atoms with E-state index in [1.165, 1.54) is 32.0 Å². The maximum Gasteiger partial charge on any atom is 0.338 e. The molecule has 0 heterocycles. The molecule has 0 saturated heterocycles. The number of anilines is 2. The van der Waals surface area contributed by atoms with E-state index in [4.69, 9.17) is 4.74 Å². The Labute approximate surface area is 175 Å². The second-order valence-electron chi connectivity index (χ2n) is 6.63. The van der Waals surface area contributed by atoms with Crippen LogP contribution in [-0.2, 0) is 25.7 Å². The van der Waals surface area contributed by atoms with Gasteiger partial charge in [0.05, 0.1) is 5.56 Å². The van der Waals surface area contributed by atoms with Crippen LogP contribution in [0.3, 0.4) is 0 Å². The van der Waals surface area contributed by atoms with E-state index in [2.05, 4.69) is 10.6 Å². The third-order valence-electron chi connectivity index (χ3n) is 4.09. The van der Waals surface area contributed by atoms with Crippen LogP contribution < -0.4 is 10.6 Å². The molecule has 2 rings (SSSR count). The third-order valence-corrected chi connectivity index (χ3v) is 4.09. The van der Waals surface area contributed by atoms with Gasteiger partial charge in [-0.25, -0.2) is 4.79 Å². The molecule has 0 atom stereocenters. The van der Waals surface area contributed by atoms with Crippen molar-refractivity contribution in [2.24, 2.45) is 0 Å². The van der Waals surface area contributed by atoms with E-state index in [-0.39, 0.29) is 23.3 Å². The van der Waals surface area contributed by atoms with Crippen LogP contribution in [0.1, 0.15) is 36.7 Å². The van der Waals surface area contributed by atoms with E-state index in [9.17, 15) is 19.2 Å². The fourth-order valence-electron chi connectivity index (χ4n) is 2.78. The average Bonchev–Trinajstić information content (AvgIpc) is 2.69. The van der Waals surface area contributed by atoms with Crippen LogP contribution in [0.25, 0.3) is 0 Å². The lowest BCUT2D eigenvalue weighted by atomic mass is 10.1. The van der Waals surface area contributed by atoms with Gasteiger partial charge in [-0.2, -0.15) is 0 Å². The smallest absolute Gasteiger partial charge is 0.338 e. The number of ether oxygens (including phenoxy) is 1. The predicted octanol–water partition coefficient (Wildman–Crippen LogP) is 2.81. The quantitative estimate of drug-likeness (QED) is 0.650. The number of hydrogen-bond donors (Lipinski definition) is 2. The number of amides is 3. The Kier molecular flexibility index (Phi) is 8.10. The van der Waals surface area contributed by atoms with Crippen LogP contribution in [-0.4, -0.2) is 41.7 Å². The molecule has 0 unspecified atom stereocenters. The Bertz CT molecular complexity index is 893. The van der Waals surface area contributed by atoms with Crippen molar-refractivity contribution in [3.63, 3.8) is 0 Å². The molecule has 0 radical (unpaired) electrons. The molecule has 0 bridgehead atoms. The van der Waals surface area contributed by atoms with Gasteiger partial charge >= 0.3 is 5.97 Å². The van der Waals surface area contributed by atoms with E-state index in [1.54, 1.807) is 4.90 Å². The largest absolute Gasteiger partial charge is 0.452 e. The molecule has 0 aliphatic heterocycles. The first-order valence-corrected chi connectivity index (χ1v) is 9.47. The van der Waals surface area contributed by atoms with E-state index >= 15 is 0 Å². The first-order valence-electron chi connectivity index (χ1n) is 9.47. The minimum Gasteiger partial charge on any atom is -0.452 e. The van der Waals surface area contributed by atoms with E-state index in [0.717, 1.165) is 5.56 Å². The second-order valence-corrected chi connectivity index (χ2v) is 6.63. The number of carbonyl (C=O) groups excluding carboxylic acids is 4. The molecule has 0 aliphatic rings. The zero-order valence-corrected chi connectivity index (χ0v) is 17.2. The topological polar surface area (TPSA) is 105 Å². The Morgan fingerprint density at radius 3 is 1.97 bits per heavy atom. The molecule has 2 aromatic rings. The number of nitrogens with zero attached hydrogens (tertiary/aromatic N) is 1. The number of benzene rings is 2. The predicted molar refractivity (Wildman–Crippen MR) is 113 cm³/mol. The van der Waals surface area contributed by atoms with Gasteiger partial charge in [-0.05, 0) is 30.7 Å². The standard InChI is InChI=1S/C22H25N3O5/c1-4-25(13-17-8-6-5-7-9-17)21(28)14-30-22(29)18-10-19(23-15(2)26)12-20(11-18)24-16(3)27/h5-12H,4,13-14H2,1-3H3,(H,23,26)(H,24,27). The molecular formula is C22H25N3O5. The molecule has 3 amide bonds. The van der Waals surface area contributed by atoms with E-state index < -0.39 is 12.6 Å². The number of nitrogens with one attached hydrogen (secondary N) is 2. The Morgan fingerprint density at radius 1 is 0.900 bits per heavy atom. The summed E-state index contributed by atoms with van der Waals surface area (Å²) in [5.41, 5.74) is 1.73. The molecule has 0 aromatic heterocycles. The van der Waals surface area contributed by atoms with E-state index in [1.807, 2.05) is 37.3 Å². The normalized spacial score (nSPS) is 10.1. The molecule has 0 fully saturated rings. The average molecular weight is 411 g/mol. The Morgan fingerprint density at radius 2 is 1.47 bits per heavy atom. The Balaban J connectivity index is 2.07. The molecule has 8 nitrogen and oxygen atoms in total. The summed E-state index contributed by atoms with van der Waals surface area (Å²) in [6.07, 6.45) is 0. The van der Waals surface area contributed by atoms with E-state index in [0.29, 0.717) is 24.5 Å². The SMILES string of the molecule is CCN(Cc1ccccc1)C(=O)COC(=O)c1cc(NC(C)=O)cc(NC(C)=O)c1. The maximum absolute atomic E-state index is 12.5. The molecule has 158 valence electrons. The summed E-state index contributed by atoms with van der Waals surface area (Å²) in [4.78, 5) is 49.2. The van der Waals surface area contributed by atoms with Crippen LogP contribution in [0.5, 0.6) is 0 Å². The minimum absolute atomic E-state index is 0.101. The Hall–Kier alpha value is -3.68. The van der Waals surface area contributed by atoms with Crippen LogP contribution in [0, 0.1) is 0 Å². The van der Waals surface area contributed by atoms with Crippen molar-refractivity contribution in [3.05, 3.63) is 59.7 Å². The van der Waals surface area contributed by atoms with Crippen molar-refractivity contribution >= 4 is 35.1 Å². The third kappa shape index (κ3) is 7.05. The number of hydrogen-bond acceptors (Lipinski definition) is 5. The van der Waals surface area contributed by atoms with Gasteiger partial charge in [0.15, 0.2) is 6.61 Å². The van der Waals surface area contributed by atoms with Crippen LogP contribution in [0.2, 0.25) is 0 Å². The van der Waals surface area contributed by atoms with Crippen molar-refractivity contribution in [3.8, 4) is 0 Å². The molecule has 2 aromatic carbocycles. The summed E-state index contributed by atoms with van der Waals surface area (Å²) in [7, 11) is 0. The molecule has 0 aliphatic carbocycles. The molecule has 0 spiro atoms. The van der Waals surface area contributed by atoms with Crippen molar-refractivity contribution in [1.29, 1.82) is 0 Å². The highest BCUT2D eigenvalue weighted by Crippen LogP contribution is 2.20. The number of carbonyl (C=O) groups is 4. The summed E-state index contributed by atoms with van der Waals surface area (Å²) in [6.45, 7) is 4.97. The number of rotatable bonds is 8. The van der Waals surface area contributed by atoms with Gasteiger partial charge in [0.25, 0.3) is 5.91 Å². The zero-order chi connectivity index (χ0) is 22.1. The highest BCUT2D eigenvalue weighted by Gasteiger charge is 2.17. The van der Waals surface area contributed by atoms with Crippen molar-refractivity contribution in [1.82, 2.24) is 4.90 Å². The van der Waals surface area contributed by atoms with Crippen molar-refractivity contribution in [2.45, 2.75) is 27.3 Å². The number of esters is 1. The van der Waals surface area contributed by atoms with Crippen LogP contribution in [0.4, 0.5) is 11.4 Å². The van der Waals surface area contributed by atoms with Crippen LogP contribution in [0.15, 0.2) is 48.5 Å². The lowest BCUT2D eigenvalue weighted by molar-refractivity contribution is -0.135. The maximum atomic E-state index is 12.5. The van der Waals surface area contributed by atoms with Crippen LogP contribution >= 0.6 is 0 Å². The highest BCUT2D eigenvalue weighted by atomic mass is 16.5. The van der Waals surface area contributed by atoms with Gasteiger partial charge in [-0.15, -0.1) is 0 Å². The first-order chi connectivity index (χ1) is 14.3. The van der Waals surface area contributed by atoms with Gasteiger partial charge in [0.1, 0.15) is 0 Å². The van der Waals surface area contributed by atoms with Gasteiger partial charge in [-0.3, -0.25) is 14.4 Å². The summed E-state index contributed by atoms with van der Waals surface area (Å²) in [5.74, 6) is -1.72. The summed E-state index contributed by atoms with van der Waals surface area (Å²) >= 11 is 0. The molecule has 8 heteroatoms. The molecule has 0 saturated carbocycles. The van der Waals surface area contributed by atoms with Gasteiger partial charge < -0.3 is 20.3 Å². The summed E-state index contributed by atoms with van der Waals surface area (Å²) in [5, 5.41) is 5.12. The summed E-state index contributed by atoms with van der Waals surface area (Å²) < 4.78 is 5.17. The van der Waals surface area contributed by atoms with Crippen molar-refractivity contribution < 1.29 is 23.9 Å².